The number of carbonyl (C=O) groups is 4. The minimum absolute atomic E-state index is 0.184. The fourth-order valence-corrected chi connectivity index (χ4v) is 20.7. The van der Waals surface area contributed by atoms with Gasteiger partial charge in [0.05, 0.1) is 25.7 Å². The first-order valence-corrected chi connectivity index (χ1v) is 48.7. The third kappa shape index (κ3) is 65.8. The van der Waals surface area contributed by atoms with Crippen LogP contribution in [0.1, 0.15) is 299 Å². The van der Waals surface area contributed by atoms with Crippen molar-refractivity contribution in [1.82, 2.24) is 14.7 Å². The van der Waals surface area contributed by atoms with E-state index in [2.05, 4.69) is 77.1 Å². The van der Waals surface area contributed by atoms with Gasteiger partial charge in [-0.3, -0.25) is 19.2 Å². The van der Waals surface area contributed by atoms with Crippen molar-refractivity contribution < 1.29 is 38.1 Å². The number of nitrogens with zero attached hydrogens (tertiary/aromatic N) is 3. The lowest BCUT2D eigenvalue weighted by molar-refractivity contribution is -0.145. The highest BCUT2D eigenvalue weighted by atomic mass is 33.1. The number of esters is 4. The average Bonchev–Trinajstić information content (AvgIpc) is 3.64. The van der Waals surface area contributed by atoms with Crippen molar-refractivity contribution >= 4 is 110 Å². The van der Waals surface area contributed by atoms with E-state index in [0.29, 0.717) is 52.6 Å². The third-order valence-electron chi connectivity index (χ3n) is 17.6. The number of hydrogen-bond acceptors (Lipinski definition) is 19. The van der Waals surface area contributed by atoms with Gasteiger partial charge in [0.2, 0.25) is 0 Å². The van der Waals surface area contributed by atoms with E-state index >= 15 is 0 Å². The van der Waals surface area contributed by atoms with E-state index in [-0.39, 0.29) is 49.6 Å². The lowest BCUT2D eigenvalue weighted by Crippen LogP contribution is -2.34. The number of carbonyl (C=O) groups excluding carboxylic acids is 4. The molecule has 0 aliphatic heterocycles. The molecule has 0 fully saturated rings. The van der Waals surface area contributed by atoms with Gasteiger partial charge in [-0.15, -0.1) is 0 Å². The van der Waals surface area contributed by atoms with Crippen LogP contribution in [0.2, 0.25) is 0 Å². The van der Waals surface area contributed by atoms with E-state index in [9.17, 15) is 19.2 Å². The van der Waals surface area contributed by atoms with Gasteiger partial charge in [0.15, 0.2) is 0 Å². The predicted molar refractivity (Wildman–Crippen MR) is 429 cm³/mol. The fraction of sp³-hybridized carbons (Fsp3) is 0.947. The molecule has 0 aromatic heterocycles. The van der Waals surface area contributed by atoms with E-state index in [1.807, 2.05) is 86.4 Å². The molecule has 0 amide bonds. The van der Waals surface area contributed by atoms with Crippen LogP contribution in [0.25, 0.3) is 0 Å². The van der Waals surface area contributed by atoms with E-state index < -0.39 is 0 Å². The Balaban J connectivity index is 5.56. The second-order valence-corrected chi connectivity index (χ2v) is 36.9. The summed E-state index contributed by atoms with van der Waals surface area (Å²) in [5.74, 6) is 10.2. The molecule has 19 heteroatoms. The van der Waals surface area contributed by atoms with E-state index in [0.717, 1.165) is 85.7 Å². The molecule has 0 saturated heterocycles. The van der Waals surface area contributed by atoms with E-state index in [1.54, 1.807) is 0 Å². The van der Waals surface area contributed by atoms with Crippen molar-refractivity contribution in [1.29, 1.82) is 0 Å². The first-order chi connectivity index (χ1) is 46.0. The number of hydrogen-bond donors (Lipinski definition) is 0. The first kappa shape index (κ1) is 94.6. The molecule has 0 aromatic carbocycles. The monoisotopic (exact) mass is 1470 g/mol. The third-order valence-corrected chi connectivity index (χ3v) is 27.6. The van der Waals surface area contributed by atoms with Crippen LogP contribution in [0.3, 0.4) is 0 Å². The Morgan fingerprint density at radius 1 is 0.266 bits per heavy atom. The Hall–Kier alpha value is 0.560. The minimum atomic E-state index is -0.184. The van der Waals surface area contributed by atoms with Gasteiger partial charge in [-0.25, -0.2) is 0 Å². The summed E-state index contributed by atoms with van der Waals surface area (Å²) >= 11 is 0. The zero-order valence-corrected chi connectivity index (χ0v) is 68.7. The van der Waals surface area contributed by atoms with Crippen LogP contribution in [-0.4, -0.2) is 170 Å². The van der Waals surface area contributed by atoms with Gasteiger partial charge in [-0.1, -0.05) is 296 Å². The fourth-order valence-electron chi connectivity index (χ4n) is 11.4. The molecule has 94 heavy (non-hydrogen) atoms. The van der Waals surface area contributed by atoms with Crippen LogP contribution in [0.15, 0.2) is 0 Å². The molecule has 4 unspecified atom stereocenters. The molecule has 0 rings (SSSR count). The van der Waals surface area contributed by atoms with Crippen molar-refractivity contribution in [2.45, 2.75) is 299 Å². The Morgan fingerprint density at radius 2 is 0.489 bits per heavy atom. The highest BCUT2D eigenvalue weighted by Crippen LogP contribution is 2.33. The second-order valence-electron chi connectivity index (χ2n) is 26.4. The van der Waals surface area contributed by atoms with Crippen molar-refractivity contribution in [3.8, 4) is 0 Å². The Bertz CT molecular complexity index is 1440. The maximum atomic E-state index is 13.1. The summed E-state index contributed by atoms with van der Waals surface area (Å²) in [5.41, 5.74) is 0. The second kappa shape index (κ2) is 74.7. The molecule has 0 N–H and O–H groups in total. The molecule has 558 valence electrons. The summed E-state index contributed by atoms with van der Waals surface area (Å²) in [7, 11) is 17.2. The molecule has 0 heterocycles. The summed E-state index contributed by atoms with van der Waals surface area (Å²) in [6, 6.07) is 0. The Morgan fingerprint density at radius 3 is 0.713 bits per heavy atom. The van der Waals surface area contributed by atoms with Gasteiger partial charge in [-0.2, -0.15) is 0 Å². The van der Waals surface area contributed by atoms with Gasteiger partial charge >= 0.3 is 23.9 Å². The lowest BCUT2D eigenvalue weighted by atomic mass is 9.97. The average molecular weight is 1480 g/mol. The normalized spacial score (nSPS) is 13.1. The zero-order chi connectivity index (χ0) is 68.8. The maximum absolute atomic E-state index is 13.1. The van der Waals surface area contributed by atoms with Gasteiger partial charge in [-0.05, 0) is 121 Å². The van der Waals surface area contributed by atoms with Crippen molar-refractivity contribution in [3.05, 3.63) is 0 Å². The minimum Gasteiger partial charge on any atom is -0.465 e. The first-order valence-electron chi connectivity index (χ1n) is 38.7. The van der Waals surface area contributed by atoms with Crippen LogP contribution in [-0.2, 0) is 38.1 Å². The highest BCUT2D eigenvalue weighted by molar-refractivity contribution is 8.77. The van der Waals surface area contributed by atoms with Crippen LogP contribution >= 0.6 is 86.4 Å². The number of unbranched alkanes of at least 4 members (excludes halogenated alkanes) is 16. The summed E-state index contributed by atoms with van der Waals surface area (Å²) in [6.07, 6.45) is 44.7. The van der Waals surface area contributed by atoms with Crippen LogP contribution in [0.4, 0.5) is 0 Å². The summed E-state index contributed by atoms with van der Waals surface area (Å²) in [5, 5.41) is 0. The van der Waals surface area contributed by atoms with Crippen molar-refractivity contribution in [2.24, 2.45) is 23.7 Å². The SMILES string of the molecule is CCCCCCC(CCCC)CSSCCOC(=O)CCN(CCCN(C)CCCN(CCC(=O)OCCSSCC(CCCC)CCCCCC)CCC(=O)OCCSSCC(CCCC)CCCCCC)CCC(=O)OCCSSCC(CCCC)CCCCCC. The van der Waals surface area contributed by atoms with Crippen LogP contribution in [0, 0.1) is 23.7 Å². The van der Waals surface area contributed by atoms with Gasteiger partial charge < -0.3 is 33.6 Å². The Kier molecular flexibility index (Phi) is 75.2. The molecule has 0 aromatic rings. The molecule has 4 atom stereocenters. The standard InChI is InChI=1S/C75H147N3O8S8/c1-10-18-26-30-40-68(36-22-14-5)64-91-87-60-56-83-72(79)44-52-77(53-45-73(80)84-57-61-88-92-65-69(37-23-15-6)41-31-27-19-11-2)50-34-48-76(9)49-35-51-78(54-46-74(81)85-58-62-89-93-66-70(38-24-16-7)42-32-28-20-12-3)55-47-75(82)86-59-63-90-94-67-71(39-25-17-8)43-33-29-21-13-4/h68-71H,10-67H2,1-9H3. The molecule has 0 aliphatic rings. The maximum Gasteiger partial charge on any atom is 0.307 e. The molecule has 0 bridgehead atoms. The highest BCUT2D eigenvalue weighted by Gasteiger charge is 2.18. The molecule has 0 spiro atoms. The zero-order valence-electron chi connectivity index (χ0n) is 62.2. The molecular weight excluding hydrogens is 1330 g/mol. The number of rotatable bonds is 76. The number of ether oxygens (including phenoxy) is 4. The summed E-state index contributed by atoms with van der Waals surface area (Å²) < 4.78 is 23.0. The smallest absolute Gasteiger partial charge is 0.307 e. The largest absolute Gasteiger partial charge is 0.465 e. The molecular formula is C75H147N3O8S8. The molecule has 11 nitrogen and oxygen atoms in total. The molecule has 0 saturated carbocycles. The van der Waals surface area contributed by atoms with Gasteiger partial charge in [0, 0.05) is 72.2 Å². The van der Waals surface area contributed by atoms with E-state index in [1.165, 1.54) is 228 Å². The van der Waals surface area contributed by atoms with E-state index in [4.69, 9.17) is 18.9 Å². The van der Waals surface area contributed by atoms with Crippen molar-refractivity contribution in [2.75, 3.05) is 132 Å². The van der Waals surface area contributed by atoms with Crippen molar-refractivity contribution in [3.63, 3.8) is 0 Å². The molecule has 0 aliphatic carbocycles. The van der Waals surface area contributed by atoms with Crippen LogP contribution in [0.5, 0.6) is 0 Å². The quantitative estimate of drug-likeness (QED) is 0.0249. The van der Waals surface area contributed by atoms with Gasteiger partial charge in [0.1, 0.15) is 26.4 Å². The summed E-state index contributed by atoms with van der Waals surface area (Å²) in [4.78, 5) is 59.3. The topological polar surface area (TPSA) is 115 Å². The van der Waals surface area contributed by atoms with Crippen LogP contribution < -0.4 is 0 Å². The predicted octanol–water partition coefficient (Wildman–Crippen LogP) is 22.7. The molecule has 0 radical (unpaired) electrons. The van der Waals surface area contributed by atoms with Gasteiger partial charge in [0.25, 0.3) is 0 Å². The summed E-state index contributed by atoms with van der Waals surface area (Å²) in [6.45, 7) is 25.2. The Labute approximate surface area is 613 Å². The lowest BCUT2D eigenvalue weighted by Gasteiger charge is -2.25.